The Kier molecular flexibility index (Phi) is 6.95. The number of aromatic nitrogens is 4. The largest absolute Gasteiger partial charge is 0.493 e. The van der Waals surface area contributed by atoms with E-state index in [-0.39, 0.29) is 0 Å². The summed E-state index contributed by atoms with van der Waals surface area (Å²) in [6, 6.07) is 8.38. The first-order valence-corrected chi connectivity index (χ1v) is 11.2. The normalized spacial score (nSPS) is 16.5. The molecule has 0 spiro atoms. The van der Waals surface area contributed by atoms with E-state index in [2.05, 4.69) is 51.9 Å². The second kappa shape index (κ2) is 10.0. The molecule has 0 saturated carbocycles. The first kappa shape index (κ1) is 22.1. The molecule has 2 aromatic heterocycles. The Morgan fingerprint density at radius 3 is 2.66 bits per heavy atom. The number of ether oxygens (including phenoxy) is 1. The third kappa shape index (κ3) is 5.22. The zero-order valence-electron chi connectivity index (χ0n) is 19.4. The van der Waals surface area contributed by atoms with Crippen LogP contribution in [0, 0.1) is 5.92 Å². The van der Waals surface area contributed by atoms with Gasteiger partial charge in [0.25, 0.3) is 0 Å². The van der Waals surface area contributed by atoms with E-state index in [1.54, 1.807) is 6.33 Å². The van der Waals surface area contributed by atoms with Crippen LogP contribution >= 0.6 is 0 Å². The van der Waals surface area contributed by atoms with Crippen molar-refractivity contribution in [1.82, 2.24) is 24.8 Å². The molecule has 0 unspecified atom stereocenters. The Morgan fingerprint density at radius 1 is 1.12 bits per heavy atom. The highest BCUT2D eigenvalue weighted by Gasteiger charge is 2.28. The van der Waals surface area contributed by atoms with E-state index in [4.69, 9.17) is 9.72 Å². The van der Waals surface area contributed by atoms with Gasteiger partial charge in [-0.3, -0.25) is 4.90 Å². The number of anilines is 1. The van der Waals surface area contributed by atoms with Crippen molar-refractivity contribution in [3.05, 3.63) is 60.4 Å². The zero-order valence-corrected chi connectivity index (χ0v) is 19.4. The number of hydrogen-bond acceptors (Lipinski definition) is 7. The van der Waals surface area contributed by atoms with Gasteiger partial charge in [0, 0.05) is 68.4 Å². The molecule has 1 saturated heterocycles. The van der Waals surface area contributed by atoms with Gasteiger partial charge in [0.05, 0.1) is 12.3 Å². The minimum absolute atomic E-state index is 0.329. The number of nitrogens with zero attached hydrogens (tertiary/aromatic N) is 6. The highest BCUT2D eigenvalue weighted by atomic mass is 16.5. The molecule has 0 radical (unpaired) electrons. The van der Waals surface area contributed by atoms with Gasteiger partial charge in [-0.15, -0.1) is 0 Å². The van der Waals surface area contributed by atoms with Crippen LogP contribution in [0.3, 0.4) is 0 Å². The molecule has 1 atom stereocenters. The lowest BCUT2D eigenvalue weighted by molar-refractivity contribution is 0.260. The Bertz CT molecular complexity index is 1020. The summed E-state index contributed by atoms with van der Waals surface area (Å²) in [7, 11) is 3.94. The van der Waals surface area contributed by atoms with Crippen molar-refractivity contribution in [1.29, 1.82) is 0 Å². The molecule has 3 heterocycles. The molecule has 3 aromatic rings. The van der Waals surface area contributed by atoms with Gasteiger partial charge in [0.2, 0.25) is 5.95 Å². The van der Waals surface area contributed by atoms with Crippen molar-refractivity contribution in [3.8, 4) is 16.9 Å². The van der Waals surface area contributed by atoms with Crippen molar-refractivity contribution >= 4 is 5.95 Å². The summed E-state index contributed by atoms with van der Waals surface area (Å²) in [5, 5.41) is 0. The second-order valence-electron chi connectivity index (χ2n) is 9.02. The van der Waals surface area contributed by atoms with Gasteiger partial charge in [-0.25, -0.2) is 19.9 Å². The Hall–Kier alpha value is -3.06. The van der Waals surface area contributed by atoms with Gasteiger partial charge in [-0.1, -0.05) is 32.0 Å². The highest BCUT2D eigenvalue weighted by molar-refractivity contribution is 5.65. The van der Waals surface area contributed by atoms with Gasteiger partial charge < -0.3 is 9.64 Å². The van der Waals surface area contributed by atoms with Crippen LogP contribution in [0.25, 0.3) is 11.1 Å². The van der Waals surface area contributed by atoms with E-state index in [9.17, 15) is 0 Å². The van der Waals surface area contributed by atoms with Crippen molar-refractivity contribution in [2.75, 3.05) is 38.7 Å². The van der Waals surface area contributed by atoms with Crippen LogP contribution in [-0.2, 0) is 6.54 Å². The molecule has 7 heteroatoms. The van der Waals surface area contributed by atoms with Gasteiger partial charge in [0.15, 0.2) is 0 Å². The van der Waals surface area contributed by atoms with Crippen LogP contribution in [0.4, 0.5) is 5.95 Å². The number of benzene rings is 1. The number of likely N-dealkylation sites (tertiary alicyclic amines) is 1. The number of rotatable bonds is 8. The van der Waals surface area contributed by atoms with E-state index in [1.165, 1.54) is 5.56 Å². The molecule has 0 bridgehead atoms. The number of para-hydroxylation sites is 1. The molecule has 32 heavy (non-hydrogen) atoms. The Balaban J connectivity index is 1.54. The maximum Gasteiger partial charge on any atom is 0.225 e. The molecule has 0 N–H and O–H groups in total. The summed E-state index contributed by atoms with van der Waals surface area (Å²) in [6.45, 7) is 7.92. The topological polar surface area (TPSA) is 67.3 Å². The first-order valence-electron chi connectivity index (χ1n) is 11.2. The molecule has 1 aromatic carbocycles. The molecule has 1 aliphatic rings. The van der Waals surface area contributed by atoms with Gasteiger partial charge in [-0.2, -0.15) is 0 Å². The van der Waals surface area contributed by atoms with Crippen molar-refractivity contribution in [2.24, 2.45) is 5.92 Å². The lowest BCUT2D eigenvalue weighted by Crippen LogP contribution is -2.21. The fourth-order valence-electron chi connectivity index (χ4n) is 4.04. The van der Waals surface area contributed by atoms with Crippen LogP contribution in [-0.4, -0.2) is 58.6 Å². The molecule has 168 valence electrons. The predicted molar refractivity (Wildman–Crippen MR) is 127 cm³/mol. The summed E-state index contributed by atoms with van der Waals surface area (Å²) in [4.78, 5) is 22.3. The molecule has 0 amide bonds. The minimum atomic E-state index is 0.329. The summed E-state index contributed by atoms with van der Waals surface area (Å²) >= 11 is 0. The van der Waals surface area contributed by atoms with Crippen LogP contribution in [0.15, 0.2) is 49.2 Å². The van der Waals surface area contributed by atoms with Crippen molar-refractivity contribution in [2.45, 2.75) is 32.7 Å². The standard InChI is InChI=1S/C25H32N6O/c1-18(2)16-32-23-8-6-5-7-19(23)14-31-10-9-20(15-31)24-22(21-11-26-17-27-12-21)13-28-25(29-24)30(3)4/h5-8,11-13,17-18,20H,9-10,14-16H2,1-4H3/t20-/m1/s1. The zero-order chi connectivity index (χ0) is 22.5. The van der Waals surface area contributed by atoms with E-state index >= 15 is 0 Å². The van der Waals surface area contributed by atoms with E-state index in [1.807, 2.05) is 43.7 Å². The molecule has 1 aliphatic heterocycles. The van der Waals surface area contributed by atoms with Crippen molar-refractivity contribution in [3.63, 3.8) is 0 Å². The summed E-state index contributed by atoms with van der Waals surface area (Å²) < 4.78 is 6.07. The third-order valence-corrected chi connectivity index (χ3v) is 5.67. The van der Waals surface area contributed by atoms with Crippen molar-refractivity contribution < 1.29 is 4.74 Å². The summed E-state index contributed by atoms with van der Waals surface area (Å²) in [5.74, 6) is 2.55. The Morgan fingerprint density at radius 2 is 1.91 bits per heavy atom. The maximum atomic E-state index is 6.07. The molecular weight excluding hydrogens is 400 g/mol. The molecule has 7 nitrogen and oxygen atoms in total. The average molecular weight is 433 g/mol. The predicted octanol–water partition coefficient (Wildman–Crippen LogP) is 4.02. The third-order valence-electron chi connectivity index (χ3n) is 5.67. The maximum absolute atomic E-state index is 6.07. The monoisotopic (exact) mass is 432 g/mol. The van der Waals surface area contributed by atoms with Gasteiger partial charge in [-0.05, 0) is 24.9 Å². The quantitative estimate of drug-likeness (QED) is 0.532. The molecular formula is C25H32N6O. The van der Waals surface area contributed by atoms with Crippen LogP contribution in [0.5, 0.6) is 5.75 Å². The second-order valence-corrected chi connectivity index (χ2v) is 9.02. The summed E-state index contributed by atoms with van der Waals surface area (Å²) in [6.07, 6.45) is 8.18. The van der Waals surface area contributed by atoms with E-state index in [0.717, 1.165) is 61.2 Å². The molecule has 4 rings (SSSR count). The lowest BCUT2D eigenvalue weighted by atomic mass is 9.97. The van der Waals surface area contributed by atoms with Crippen LogP contribution in [0.2, 0.25) is 0 Å². The fraction of sp³-hybridized carbons (Fsp3) is 0.440. The Labute approximate surface area is 190 Å². The number of hydrogen-bond donors (Lipinski definition) is 0. The SMILES string of the molecule is CC(C)COc1ccccc1CN1CC[C@@H](c2nc(N(C)C)ncc2-c2cncnc2)C1. The highest BCUT2D eigenvalue weighted by Crippen LogP contribution is 2.34. The van der Waals surface area contributed by atoms with E-state index in [0.29, 0.717) is 11.8 Å². The summed E-state index contributed by atoms with van der Waals surface area (Å²) in [5.41, 5.74) is 4.29. The molecule has 1 fully saturated rings. The van der Waals surface area contributed by atoms with E-state index < -0.39 is 0 Å². The van der Waals surface area contributed by atoms with Gasteiger partial charge in [0.1, 0.15) is 12.1 Å². The van der Waals surface area contributed by atoms with Crippen LogP contribution in [0.1, 0.15) is 37.4 Å². The lowest BCUT2D eigenvalue weighted by Gasteiger charge is -2.20. The van der Waals surface area contributed by atoms with Crippen LogP contribution < -0.4 is 9.64 Å². The smallest absolute Gasteiger partial charge is 0.225 e. The average Bonchev–Trinajstić information content (AvgIpc) is 3.27. The fourth-order valence-corrected chi connectivity index (χ4v) is 4.04. The minimum Gasteiger partial charge on any atom is -0.493 e. The van der Waals surface area contributed by atoms with Gasteiger partial charge >= 0.3 is 0 Å². The molecule has 0 aliphatic carbocycles. The first-order chi connectivity index (χ1) is 15.5.